The third-order valence-electron chi connectivity index (χ3n) is 5.64. The summed E-state index contributed by atoms with van der Waals surface area (Å²) in [5.74, 6) is 0. The van der Waals surface area contributed by atoms with E-state index in [4.69, 9.17) is 4.98 Å². The second-order valence-corrected chi connectivity index (χ2v) is 10.7. The van der Waals surface area contributed by atoms with Crippen LogP contribution in [0.2, 0.25) is 0 Å². The van der Waals surface area contributed by atoms with Crippen molar-refractivity contribution in [2.45, 2.75) is 20.3 Å². The average molecular weight is 442 g/mol. The summed E-state index contributed by atoms with van der Waals surface area (Å²) in [5.41, 5.74) is 4.71. The maximum atomic E-state index is 11.8. The van der Waals surface area contributed by atoms with Crippen molar-refractivity contribution >= 4 is 33.2 Å². The van der Waals surface area contributed by atoms with Crippen LogP contribution in [-0.4, -0.2) is 66.4 Å². The summed E-state index contributed by atoms with van der Waals surface area (Å²) in [7, 11) is -3.15. The van der Waals surface area contributed by atoms with E-state index in [0.29, 0.717) is 38.2 Å². The number of hydrogen-bond donors (Lipinski definition) is 1. The molecule has 4 rings (SSSR count). The van der Waals surface area contributed by atoms with Crippen LogP contribution in [0.15, 0.2) is 36.7 Å². The van der Waals surface area contributed by atoms with Gasteiger partial charge in [0.15, 0.2) is 5.65 Å². The van der Waals surface area contributed by atoms with Crippen molar-refractivity contribution in [2.75, 3.05) is 37.3 Å². The van der Waals surface area contributed by atoms with Crippen molar-refractivity contribution < 1.29 is 13.2 Å². The third kappa shape index (κ3) is 4.62. The van der Waals surface area contributed by atoms with Gasteiger partial charge in [-0.2, -0.15) is 4.31 Å². The van der Waals surface area contributed by atoms with E-state index in [0.717, 1.165) is 34.3 Å². The number of rotatable bonds is 6. The predicted octanol–water partition coefficient (Wildman–Crippen LogP) is 2.47. The average Bonchev–Trinajstić information content (AvgIpc) is 3.15. The zero-order valence-corrected chi connectivity index (χ0v) is 18.8. The zero-order chi connectivity index (χ0) is 22.2. The fraction of sp³-hybridized carbons (Fsp3) is 0.409. The van der Waals surface area contributed by atoms with E-state index < -0.39 is 15.4 Å². The lowest BCUT2D eigenvalue weighted by Crippen LogP contribution is -2.48. The predicted molar refractivity (Wildman–Crippen MR) is 122 cm³/mol. The lowest BCUT2D eigenvalue weighted by atomic mass is 9.88. The molecule has 3 heterocycles. The molecule has 9 heteroatoms. The second-order valence-electron chi connectivity index (χ2n) is 8.75. The van der Waals surface area contributed by atoms with Gasteiger partial charge in [0.25, 0.3) is 0 Å². The van der Waals surface area contributed by atoms with Crippen LogP contribution in [0.4, 0.5) is 5.69 Å². The number of aldehydes is 1. The highest BCUT2D eigenvalue weighted by Crippen LogP contribution is 2.28. The number of benzene rings is 1. The van der Waals surface area contributed by atoms with Crippen LogP contribution in [0.25, 0.3) is 22.4 Å². The molecule has 1 N–H and O–H groups in total. The molecule has 1 saturated heterocycles. The zero-order valence-electron chi connectivity index (χ0n) is 18.0. The first-order chi connectivity index (χ1) is 14.7. The molecule has 0 spiro atoms. The second kappa shape index (κ2) is 8.05. The Kier molecular flexibility index (Phi) is 5.57. The van der Waals surface area contributed by atoms with Gasteiger partial charge in [0.2, 0.25) is 10.0 Å². The van der Waals surface area contributed by atoms with Crippen LogP contribution < -0.4 is 4.90 Å². The van der Waals surface area contributed by atoms with Gasteiger partial charge in [0, 0.05) is 49.0 Å². The molecule has 1 aliphatic heterocycles. The Morgan fingerprint density at radius 3 is 2.61 bits per heavy atom. The molecule has 0 bridgehead atoms. The van der Waals surface area contributed by atoms with Crippen LogP contribution in [0.5, 0.6) is 0 Å². The first kappa shape index (κ1) is 21.5. The fourth-order valence-electron chi connectivity index (χ4n) is 3.89. The van der Waals surface area contributed by atoms with Gasteiger partial charge in [-0.3, -0.25) is 0 Å². The van der Waals surface area contributed by atoms with Crippen LogP contribution in [-0.2, 0) is 21.2 Å². The van der Waals surface area contributed by atoms with Crippen LogP contribution in [0, 0.1) is 5.41 Å². The van der Waals surface area contributed by atoms with Crippen molar-refractivity contribution in [3.63, 3.8) is 0 Å². The first-order valence-corrected chi connectivity index (χ1v) is 12.1. The number of H-pyrrole nitrogens is 1. The van der Waals surface area contributed by atoms with Gasteiger partial charge >= 0.3 is 0 Å². The third-order valence-corrected chi connectivity index (χ3v) is 6.94. The Balaban J connectivity index is 1.60. The Morgan fingerprint density at radius 2 is 1.94 bits per heavy atom. The van der Waals surface area contributed by atoms with Gasteiger partial charge in [-0.15, -0.1) is 0 Å². The molecule has 0 saturated carbocycles. The molecule has 1 aliphatic rings. The molecule has 164 valence electrons. The molecule has 2 aromatic heterocycles. The number of anilines is 1. The van der Waals surface area contributed by atoms with Gasteiger partial charge in [0.1, 0.15) is 11.8 Å². The summed E-state index contributed by atoms with van der Waals surface area (Å²) >= 11 is 0. The van der Waals surface area contributed by atoms with Gasteiger partial charge in [-0.1, -0.05) is 26.0 Å². The van der Waals surface area contributed by atoms with E-state index in [2.05, 4.69) is 20.9 Å². The number of aromatic amines is 1. The molecule has 31 heavy (non-hydrogen) atoms. The number of hydrogen-bond acceptors (Lipinski definition) is 6. The molecule has 1 fully saturated rings. The first-order valence-electron chi connectivity index (χ1n) is 10.3. The SMILES string of the molecule is CC(C)(C=O)Cc1c[nH]c2ncc(-c3cccc(N4CCN(S(C)(=O)=O)CC4)c3)nc12. The van der Waals surface area contributed by atoms with Crippen LogP contribution >= 0.6 is 0 Å². The number of piperazine rings is 1. The monoisotopic (exact) mass is 441 g/mol. The molecule has 0 atom stereocenters. The summed E-state index contributed by atoms with van der Waals surface area (Å²) < 4.78 is 25.0. The summed E-state index contributed by atoms with van der Waals surface area (Å²) in [6.45, 7) is 6.06. The molecular weight excluding hydrogens is 414 g/mol. The molecule has 0 aliphatic carbocycles. The van der Waals surface area contributed by atoms with E-state index >= 15 is 0 Å². The molecule has 8 nitrogen and oxygen atoms in total. The highest BCUT2D eigenvalue weighted by Gasteiger charge is 2.24. The van der Waals surface area contributed by atoms with Gasteiger partial charge in [-0.25, -0.2) is 18.4 Å². The van der Waals surface area contributed by atoms with E-state index in [1.807, 2.05) is 38.2 Å². The van der Waals surface area contributed by atoms with Crippen molar-refractivity contribution in [1.82, 2.24) is 19.3 Å². The number of aromatic nitrogens is 3. The number of nitrogens with zero attached hydrogens (tertiary/aromatic N) is 4. The molecular formula is C22H27N5O3S. The molecule has 0 unspecified atom stereocenters. The van der Waals surface area contributed by atoms with Crippen molar-refractivity contribution in [2.24, 2.45) is 5.41 Å². The van der Waals surface area contributed by atoms with Crippen molar-refractivity contribution in [1.29, 1.82) is 0 Å². The normalized spacial score (nSPS) is 16.0. The Labute approximate surface area is 182 Å². The molecule has 1 aromatic carbocycles. The van der Waals surface area contributed by atoms with Gasteiger partial charge in [0.05, 0.1) is 18.1 Å². The lowest BCUT2D eigenvalue weighted by molar-refractivity contribution is -0.114. The van der Waals surface area contributed by atoms with Gasteiger partial charge < -0.3 is 14.7 Å². The topological polar surface area (TPSA) is 99.3 Å². The maximum Gasteiger partial charge on any atom is 0.211 e. The standard InChI is InChI=1S/C22H27N5O3S/c1-22(2,15-28)12-17-13-23-21-20(17)25-19(14-24-21)16-5-4-6-18(11-16)26-7-9-27(10-8-26)31(3,29)30/h4-6,11,13-15H,7-10,12H2,1-3H3,(H,23,24). The lowest BCUT2D eigenvalue weighted by Gasteiger charge is -2.34. The van der Waals surface area contributed by atoms with E-state index in [1.54, 1.807) is 6.20 Å². The molecule has 3 aromatic rings. The van der Waals surface area contributed by atoms with Crippen molar-refractivity contribution in [3.8, 4) is 11.3 Å². The largest absolute Gasteiger partial charge is 0.369 e. The van der Waals surface area contributed by atoms with Gasteiger partial charge in [-0.05, 0) is 24.1 Å². The summed E-state index contributed by atoms with van der Waals surface area (Å²) in [6, 6.07) is 8.06. The highest BCUT2D eigenvalue weighted by molar-refractivity contribution is 7.88. The smallest absolute Gasteiger partial charge is 0.211 e. The quantitative estimate of drug-likeness (QED) is 0.590. The van der Waals surface area contributed by atoms with Crippen molar-refractivity contribution in [3.05, 3.63) is 42.2 Å². The number of sulfonamides is 1. The fourth-order valence-corrected chi connectivity index (χ4v) is 4.72. The Morgan fingerprint density at radius 1 is 1.19 bits per heavy atom. The number of carbonyl (C=O) groups is 1. The number of nitrogens with one attached hydrogen (secondary N) is 1. The summed E-state index contributed by atoms with van der Waals surface area (Å²) in [4.78, 5) is 26.0. The molecule has 0 amide bonds. The van der Waals surface area contributed by atoms with Crippen LogP contribution in [0.3, 0.4) is 0 Å². The molecule has 0 radical (unpaired) electrons. The van der Waals surface area contributed by atoms with E-state index in [-0.39, 0.29) is 0 Å². The maximum absolute atomic E-state index is 11.8. The number of carbonyl (C=O) groups excluding carboxylic acids is 1. The Bertz CT molecular complexity index is 1210. The summed E-state index contributed by atoms with van der Waals surface area (Å²) in [6.07, 6.45) is 6.42. The van der Waals surface area contributed by atoms with Crippen LogP contribution in [0.1, 0.15) is 19.4 Å². The highest BCUT2D eigenvalue weighted by atomic mass is 32.2. The van der Waals surface area contributed by atoms with E-state index in [1.165, 1.54) is 10.6 Å². The minimum atomic E-state index is -3.15. The number of fused-ring (bicyclic) bond motifs is 1. The summed E-state index contributed by atoms with van der Waals surface area (Å²) in [5, 5.41) is 0. The minimum absolute atomic E-state index is 0.471. The minimum Gasteiger partial charge on any atom is -0.369 e. The van der Waals surface area contributed by atoms with E-state index in [9.17, 15) is 13.2 Å². The Hall–Kier alpha value is -2.78.